The largest absolute Gasteiger partial charge is 0.466 e. The van der Waals surface area contributed by atoms with E-state index < -0.39 is 29.4 Å². The predicted molar refractivity (Wildman–Crippen MR) is 110 cm³/mol. The van der Waals surface area contributed by atoms with Gasteiger partial charge in [-0.25, -0.2) is 4.79 Å². The van der Waals surface area contributed by atoms with Crippen molar-refractivity contribution in [2.45, 2.75) is 44.9 Å². The number of rotatable bonds is 4. The third-order valence-electron chi connectivity index (χ3n) is 5.55. The van der Waals surface area contributed by atoms with Crippen molar-refractivity contribution in [1.82, 2.24) is 4.90 Å². The van der Waals surface area contributed by atoms with Gasteiger partial charge in [-0.1, -0.05) is 36.4 Å². The number of aryl methyl sites for hydroxylation is 1. The normalized spacial score (nSPS) is 22.7. The average Bonchev–Trinajstić information content (AvgIpc) is 3.23. The van der Waals surface area contributed by atoms with Crippen LogP contribution in [0.4, 0.5) is 5.69 Å². The maximum Gasteiger partial charge on any atom is 0.329 e. The molecule has 0 radical (unpaired) electrons. The fraction of sp³-hybridized carbons (Fsp3) is 0.348. The van der Waals surface area contributed by atoms with Gasteiger partial charge in [-0.05, 0) is 49.9 Å². The molecule has 0 spiro atoms. The van der Waals surface area contributed by atoms with Gasteiger partial charge in [0.05, 0.1) is 5.69 Å². The van der Waals surface area contributed by atoms with Crippen molar-refractivity contribution >= 4 is 23.5 Å². The molecule has 30 heavy (non-hydrogen) atoms. The standard InChI is InChI=1S/C23H24N2O5/c1-15-10-11-19-17(13-15)24-21(27)23(2,30-19)22(28)25-12-6-9-18(25)20(26)29-14-16-7-4-3-5-8-16/h3-5,7-8,10-11,13,18H,6,9,12,14H2,1-2H3,(H,24,27)/t18-,23-/m0/s1. The van der Waals surface area contributed by atoms with Crippen molar-refractivity contribution in [3.05, 3.63) is 59.7 Å². The summed E-state index contributed by atoms with van der Waals surface area (Å²) in [5.41, 5.74) is 0.624. The Morgan fingerprint density at radius 2 is 2.00 bits per heavy atom. The van der Waals surface area contributed by atoms with E-state index >= 15 is 0 Å². The number of esters is 1. The minimum atomic E-state index is -1.75. The first-order chi connectivity index (χ1) is 14.4. The van der Waals surface area contributed by atoms with Crippen LogP contribution < -0.4 is 10.1 Å². The van der Waals surface area contributed by atoms with Gasteiger partial charge in [0.15, 0.2) is 0 Å². The van der Waals surface area contributed by atoms with Crippen LogP contribution in [0.3, 0.4) is 0 Å². The summed E-state index contributed by atoms with van der Waals surface area (Å²) < 4.78 is 11.3. The molecule has 0 unspecified atom stereocenters. The smallest absolute Gasteiger partial charge is 0.329 e. The van der Waals surface area contributed by atoms with Crippen LogP contribution in [-0.4, -0.2) is 40.9 Å². The molecule has 2 aliphatic heterocycles. The van der Waals surface area contributed by atoms with E-state index in [1.807, 2.05) is 43.3 Å². The van der Waals surface area contributed by atoms with E-state index in [1.54, 1.807) is 12.1 Å². The molecule has 2 aliphatic rings. The fourth-order valence-electron chi connectivity index (χ4n) is 3.83. The highest BCUT2D eigenvalue weighted by Crippen LogP contribution is 2.36. The molecule has 0 aromatic heterocycles. The molecule has 2 amide bonds. The molecule has 2 heterocycles. The number of fused-ring (bicyclic) bond motifs is 1. The second-order valence-corrected chi connectivity index (χ2v) is 7.84. The monoisotopic (exact) mass is 408 g/mol. The lowest BCUT2D eigenvalue weighted by atomic mass is 9.99. The Labute approximate surface area is 175 Å². The predicted octanol–water partition coefficient (Wildman–Crippen LogP) is 2.82. The summed E-state index contributed by atoms with van der Waals surface area (Å²) in [5, 5.41) is 2.76. The first kappa shape index (κ1) is 19.9. The summed E-state index contributed by atoms with van der Waals surface area (Å²) in [6, 6.07) is 14.0. The minimum absolute atomic E-state index is 0.138. The Kier molecular flexibility index (Phi) is 5.20. The fourth-order valence-corrected chi connectivity index (χ4v) is 3.83. The van der Waals surface area contributed by atoms with Crippen LogP contribution in [-0.2, 0) is 25.7 Å². The summed E-state index contributed by atoms with van der Waals surface area (Å²) in [4.78, 5) is 40.2. The highest BCUT2D eigenvalue weighted by Gasteiger charge is 2.52. The van der Waals surface area contributed by atoms with E-state index in [9.17, 15) is 14.4 Å². The van der Waals surface area contributed by atoms with Crippen molar-refractivity contribution in [3.8, 4) is 5.75 Å². The Morgan fingerprint density at radius 1 is 1.23 bits per heavy atom. The van der Waals surface area contributed by atoms with E-state index in [2.05, 4.69) is 5.32 Å². The number of ether oxygens (including phenoxy) is 2. The van der Waals surface area contributed by atoms with Crippen LogP contribution in [0.5, 0.6) is 5.75 Å². The zero-order valence-electron chi connectivity index (χ0n) is 17.0. The number of likely N-dealkylation sites (tertiary alicyclic amines) is 1. The van der Waals surface area contributed by atoms with Gasteiger partial charge in [0.25, 0.3) is 17.4 Å². The highest BCUT2D eigenvalue weighted by molar-refractivity contribution is 6.16. The van der Waals surface area contributed by atoms with Crippen molar-refractivity contribution < 1.29 is 23.9 Å². The van der Waals surface area contributed by atoms with Crippen LogP contribution >= 0.6 is 0 Å². The lowest BCUT2D eigenvalue weighted by Crippen LogP contribution is -2.61. The minimum Gasteiger partial charge on any atom is -0.466 e. The van der Waals surface area contributed by atoms with Crippen molar-refractivity contribution in [2.75, 3.05) is 11.9 Å². The summed E-state index contributed by atoms with van der Waals surface area (Å²) >= 11 is 0. The molecule has 7 nitrogen and oxygen atoms in total. The number of anilines is 1. The van der Waals surface area contributed by atoms with E-state index in [0.29, 0.717) is 30.8 Å². The Balaban J connectivity index is 1.49. The molecule has 1 N–H and O–H groups in total. The van der Waals surface area contributed by atoms with Gasteiger partial charge in [0, 0.05) is 6.54 Å². The van der Waals surface area contributed by atoms with E-state index in [1.165, 1.54) is 11.8 Å². The van der Waals surface area contributed by atoms with Gasteiger partial charge in [-0.3, -0.25) is 9.59 Å². The van der Waals surface area contributed by atoms with Gasteiger partial charge in [0.1, 0.15) is 18.4 Å². The Morgan fingerprint density at radius 3 is 2.77 bits per heavy atom. The van der Waals surface area contributed by atoms with Gasteiger partial charge in [0.2, 0.25) is 0 Å². The summed E-state index contributed by atoms with van der Waals surface area (Å²) in [6.07, 6.45) is 1.15. The molecule has 156 valence electrons. The molecule has 1 saturated heterocycles. The lowest BCUT2D eigenvalue weighted by Gasteiger charge is -2.37. The third kappa shape index (κ3) is 3.63. The van der Waals surface area contributed by atoms with Gasteiger partial charge in [-0.2, -0.15) is 0 Å². The third-order valence-corrected chi connectivity index (χ3v) is 5.55. The number of hydrogen-bond donors (Lipinski definition) is 1. The lowest BCUT2D eigenvalue weighted by molar-refractivity contribution is -0.163. The van der Waals surface area contributed by atoms with E-state index in [0.717, 1.165) is 11.1 Å². The number of carbonyl (C=O) groups is 3. The van der Waals surface area contributed by atoms with E-state index in [-0.39, 0.29) is 6.61 Å². The molecule has 0 aliphatic carbocycles. The number of nitrogens with zero attached hydrogens (tertiary/aromatic N) is 1. The molecule has 2 atom stereocenters. The average molecular weight is 408 g/mol. The molecule has 1 fully saturated rings. The molecule has 2 aromatic rings. The zero-order valence-corrected chi connectivity index (χ0v) is 17.0. The summed E-state index contributed by atoms with van der Waals surface area (Å²) in [7, 11) is 0. The van der Waals surface area contributed by atoms with Crippen molar-refractivity contribution in [1.29, 1.82) is 0 Å². The van der Waals surface area contributed by atoms with Crippen molar-refractivity contribution in [2.24, 2.45) is 0 Å². The Hall–Kier alpha value is -3.35. The quantitative estimate of drug-likeness (QED) is 0.621. The van der Waals surface area contributed by atoms with Crippen molar-refractivity contribution in [3.63, 3.8) is 0 Å². The van der Waals surface area contributed by atoms with Crippen LogP contribution in [0.1, 0.15) is 30.9 Å². The van der Waals surface area contributed by atoms with Crippen LogP contribution in [0.15, 0.2) is 48.5 Å². The molecular weight excluding hydrogens is 384 g/mol. The first-order valence-corrected chi connectivity index (χ1v) is 10.0. The van der Waals surface area contributed by atoms with E-state index in [4.69, 9.17) is 9.47 Å². The molecule has 2 aromatic carbocycles. The molecule has 0 saturated carbocycles. The zero-order chi connectivity index (χ0) is 21.3. The molecule has 7 heteroatoms. The van der Waals surface area contributed by atoms with Gasteiger partial charge in [-0.15, -0.1) is 0 Å². The van der Waals surface area contributed by atoms with Gasteiger partial charge >= 0.3 is 5.97 Å². The number of benzene rings is 2. The van der Waals surface area contributed by atoms with Gasteiger partial charge < -0.3 is 19.7 Å². The number of hydrogen-bond acceptors (Lipinski definition) is 5. The van der Waals surface area contributed by atoms with Crippen LogP contribution in [0.25, 0.3) is 0 Å². The maximum absolute atomic E-state index is 13.3. The second-order valence-electron chi connectivity index (χ2n) is 7.84. The maximum atomic E-state index is 13.3. The SMILES string of the molecule is Cc1ccc2c(c1)NC(=O)[C@@](C)(C(=O)N1CCC[C@H]1C(=O)OCc1ccccc1)O2. The summed E-state index contributed by atoms with van der Waals surface area (Å²) in [6.45, 7) is 3.86. The Bertz CT molecular complexity index is 990. The first-order valence-electron chi connectivity index (χ1n) is 10.0. The highest BCUT2D eigenvalue weighted by atomic mass is 16.5. The molecule has 4 rings (SSSR count). The molecular formula is C23H24N2O5. The van der Waals surface area contributed by atoms with Crippen LogP contribution in [0.2, 0.25) is 0 Å². The number of nitrogens with one attached hydrogen (secondary N) is 1. The van der Waals surface area contributed by atoms with Crippen LogP contribution in [0, 0.1) is 6.92 Å². The number of carbonyl (C=O) groups excluding carboxylic acids is 3. The summed E-state index contributed by atoms with van der Waals surface area (Å²) in [5.74, 6) is -1.13. The topological polar surface area (TPSA) is 84.9 Å². The number of amides is 2. The molecule has 0 bridgehead atoms. The second kappa shape index (κ2) is 7.82.